The molecule has 0 radical (unpaired) electrons. The summed E-state index contributed by atoms with van der Waals surface area (Å²) in [4.78, 5) is 31.5. The molecule has 3 aliphatic heterocycles. The van der Waals surface area contributed by atoms with E-state index in [0.717, 1.165) is 63.5 Å². The highest BCUT2D eigenvalue weighted by Crippen LogP contribution is 2.49. The van der Waals surface area contributed by atoms with Gasteiger partial charge in [0.25, 0.3) is 5.56 Å². The Hall–Kier alpha value is -2.52. The first-order valence-corrected chi connectivity index (χ1v) is 13.4. The summed E-state index contributed by atoms with van der Waals surface area (Å²) in [5.41, 5.74) is 2.56. The first-order valence-electron chi connectivity index (χ1n) is 13.4. The molecule has 0 aliphatic carbocycles. The third kappa shape index (κ3) is 4.75. The summed E-state index contributed by atoms with van der Waals surface area (Å²) in [6.07, 6.45) is 1.79. The Kier molecular flexibility index (Phi) is 7.86. The maximum atomic E-state index is 13.5. The van der Waals surface area contributed by atoms with Crippen molar-refractivity contribution in [3.63, 3.8) is 0 Å². The van der Waals surface area contributed by atoms with Gasteiger partial charge in [-0.2, -0.15) is 0 Å². The highest BCUT2D eigenvalue weighted by atomic mass is 16.5. The minimum atomic E-state index is -0.383. The SMILES string of the molecule is CCCN1[C@H](C(=O)NCCCN2CCOCC2)[C@@H](CO)[C@@H]2Cn3c(ccc(-c4ccccc4)c3=O)[C@@H]21. The summed E-state index contributed by atoms with van der Waals surface area (Å²) in [6.45, 7) is 8.34. The Balaban J connectivity index is 1.33. The van der Waals surface area contributed by atoms with E-state index in [1.807, 2.05) is 47.0 Å². The molecule has 5 rings (SSSR count). The number of aliphatic hydroxyl groups excluding tert-OH is 1. The molecule has 36 heavy (non-hydrogen) atoms. The number of pyridine rings is 1. The fourth-order valence-electron chi connectivity index (χ4n) is 6.41. The number of fused-ring (bicyclic) bond motifs is 3. The third-order valence-corrected chi connectivity index (χ3v) is 8.08. The molecule has 3 aliphatic rings. The number of hydrogen-bond donors (Lipinski definition) is 2. The number of carbonyl (C=O) groups is 1. The van der Waals surface area contributed by atoms with E-state index in [4.69, 9.17) is 4.74 Å². The standard InChI is InChI=1S/C28H38N4O4/c1-2-12-31-25-22(18-32-24(25)10-9-21(28(32)35)20-7-4-3-5-8-20)23(19-33)26(31)27(34)29-11-6-13-30-14-16-36-17-15-30/h3-5,7-10,22-23,25-26,33H,2,6,11-19H2,1H3,(H,29,34)/t22-,23-,25+,26-/m0/s1. The second-order valence-electron chi connectivity index (χ2n) is 10.2. The molecule has 8 heteroatoms. The summed E-state index contributed by atoms with van der Waals surface area (Å²) in [7, 11) is 0. The molecule has 1 aromatic carbocycles. The molecule has 0 spiro atoms. The topological polar surface area (TPSA) is 87.0 Å². The average molecular weight is 495 g/mol. The van der Waals surface area contributed by atoms with E-state index in [1.165, 1.54) is 0 Å². The van der Waals surface area contributed by atoms with Gasteiger partial charge in [-0.15, -0.1) is 0 Å². The Morgan fingerprint density at radius 3 is 2.61 bits per heavy atom. The Bertz CT molecular complexity index is 1100. The molecule has 0 saturated carbocycles. The third-order valence-electron chi connectivity index (χ3n) is 8.08. The number of nitrogens with zero attached hydrogens (tertiary/aromatic N) is 3. The van der Waals surface area contributed by atoms with E-state index in [0.29, 0.717) is 18.7 Å². The predicted octanol–water partition coefficient (Wildman–Crippen LogP) is 1.73. The smallest absolute Gasteiger partial charge is 0.258 e. The average Bonchev–Trinajstić information content (AvgIpc) is 3.43. The first-order chi connectivity index (χ1) is 17.6. The number of carbonyl (C=O) groups excluding carboxylic acids is 1. The Morgan fingerprint density at radius 2 is 1.89 bits per heavy atom. The molecule has 2 aromatic rings. The maximum absolute atomic E-state index is 13.5. The number of rotatable bonds is 9. The lowest BCUT2D eigenvalue weighted by Gasteiger charge is -2.31. The van der Waals surface area contributed by atoms with Crippen LogP contribution in [0.25, 0.3) is 11.1 Å². The van der Waals surface area contributed by atoms with Crippen molar-refractivity contribution in [2.45, 2.75) is 38.4 Å². The van der Waals surface area contributed by atoms with E-state index >= 15 is 0 Å². The zero-order chi connectivity index (χ0) is 25.1. The minimum absolute atomic E-state index is 0.00496. The van der Waals surface area contributed by atoms with Crippen LogP contribution >= 0.6 is 0 Å². The lowest BCUT2D eigenvalue weighted by atomic mass is 9.88. The van der Waals surface area contributed by atoms with Crippen LogP contribution < -0.4 is 10.9 Å². The Morgan fingerprint density at radius 1 is 1.11 bits per heavy atom. The fourth-order valence-corrected chi connectivity index (χ4v) is 6.41. The molecule has 4 heterocycles. The quantitative estimate of drug-likeness (QED) is 0.517. The lowest BCUT2D eigenvalue weighted by Crippen LogP contribution is -2.49. The summed E-state index contributed by atoms with van der Waals surface area (Å²) >= 11 is 0. The van der Waals surface area contributed by atoms with Gasteiger partial charge in [-0.1, -0.05) is 37.3 Å². The largest absolute Gasteiger partial charge is 0.396 e. The molecule has 2 saturated heterocycles. The highest BCUT2D eigenvalue weighted by molar-refractivity contribution is 5.82. The van der Waals surface area contributed by atoms with Gasteiger partial charge in [-0.3, -0.25) is 19.4 Å². The van der Waals surface area contributed by atoms with Crippen molar-refractivity contribution in [1.29, 1.82) is 0 Å². The molecule has 1 aromatic heterocycles. The van der Waals surface area contributed by atoms with Crippen molar-refractivity contribution >= 4 is 5.91 Å². The molecule has 1 amide bonds. The second-order valence-corrected chi connectivity index (χ2v) is 10.2. The van der Waals surface area contributed by atoms with Crippen LogP contribution in [0.5, 0.6) is 0 Å². The minimum Gasteiger partial charge on any atom is -0.396 e. The van der Waals surface area contributed by atoms with Crippen LogP contribution in [0.4, 0.5) is 0 Å². The number of amides is 1. The van der Waals surface area contributed by atoms with E-state index in [-0.39, 0.29) is 42.0 Å². The van der Waals surface area contributed by atoms with Crippen molar-refractivity contribution < 1.29 is 14.6 Å². The van der Waals surface area contributed by atoms with Gasteiger partial charge in [0.15, 0.2) is 0 Å². The van der Waals surface area contributed by atoms with Gasteiger partial charge in [0.2, 0.25) is 5.91 Å². The van der Waals surface area contributed by atoms with Gasteiger partial charge in [0.05, 0.1) is 25.3 Å². The van der Waals surface area contributed by atoms with E-state index < -0.39 is 0 Å². The van der Waals surface area contributed by atoms with Gasteiger partial charge in [0, 0.05) is 55.9 Å². The summed E-state index contributed by atoms with van der Waals surface area (Å²) in [5, 5.41) is 13.6. The fraction of sp³-hybridized carbons (Fsp3) is 0.571. The molecular weight excluding hydrogens is 456 g/mol. The van der Waals surface area contributed by atoms with Crippen LogP contribution in [0.1, 0.15) is 31.5 Å². The summed E-state index contributed by atoms with van der Waals surface area (Å²) in [5.74, 6) is -0.182. The summed E-state index contributed by atoms with van der Waals surface area (Å²) in [6, 6.07) is 13.3. The number of hydrogen-bond acceptors (Lipinski definition) is 6. The monoisotopic (exact) mass is 494 g/mol. The zero-order valence-corrected chi connectivity index (χ0v) is 21.1. The van der Waals surface area contributed by atoms with Gasteiger partial charge in [-0.05, 0) is 43.6 Å². The van der Waals surface area contributed by atoms with Crippen LogP contribution in [-0.4, -0.2) is 84.0 Å². The highest BCUT2D eigenvalue weighted by Gasteiger charge is 2.55. The zero-order valence-electron chi connectivity index (χ0n) is 21.1. The van der Waals surface area contributed by atoms with Gasteiger partial charge >= 0.3 is 0 Å². The van der Waals surface area contributed by atoms with Crippen molar-refractivity contribution in [2.24, 2.45) is 11.8 Å². The number of ether oxygens (including phenoxy) is 1. The number of morpholine rings is 1. The Labute approximate surface area is 212 Å². The number of likely N-dealkylation sites (tertiary alicyclic amines) is 1. The lowest BCUT2D eigenvalue weighted by molar-refractivity contribution is -0.127. The van der Waals surface area contributed by atoms with E-state index in [9.17, 15) is 14.7 Å². The van der Waals surface area contributed by atoms with Gasteiger partial charge < -0.3 is 19.7 Å². The van der Waals surface area contributed by atoms with Gasteiger partial charge in [0.1, 0.15) is 0 Å². The molecule has 4 atom stereocenters. The molecule has 0 unspecified atom stereocenters. The predicted molar refractivity (Wildman–Crippen MR) is 139 cm³/mol. The second kappa shape index (κ2) is 11.3. The molecule has 8 nitrogen and oxygen atoms in total. The number of aromatic nitrogens is 1. The number of benzene rings is 1. The normalized spacial score (nSPS) is 26.1. The van der Waals surface area contributed by atoms with Crippen LogP contribution in [0, 0.1) is 11.8 Å². The summed E-state index contributed by atoms with van der Waals surface area (Å²) < 4.78 is 7.28. The van der Waals surface area contributed by atoms with Crippen LogP contribution in [0.2, 0.25) is 0 Å². The number of nitrogens with one attached hydrogen (secondary N) is 1. The van der Waals surface area contributed by atoms with Crippen LogP contribution in [-0.2, 0) is 16.1 Å². The first kappa shape index (κ1) is 25.1. The number of aliphatic hydroxyl groups is 1. The van der Waals surface area contributed by atoms with Crippen molar-refractivity contribution in [2.75, 3.05) is 52.5 Å². The maximum Gasteiger partial charge on any atom is 0.258 e. The molecule has 2 N–H and O–H groups in total. The van der Waals surface area contributed by atoms with E-state index in [2.05, 4.69) is 22.0 Å². The molecule has 194 valence electrons. The molecular formula is C28H38N4O4. The van der Waals surface area contributed by atoms with Gasteiger partial charge in [-0.25, -0.2) is 0 Å². The van der Waals surface area contributed by atoms with Crippen molar-refractivity contribution in [3.8, 4) is 11.1 Å². The van der Waals surface area contributed by atoms with Crippen molar-refractivity contribution in [3.05, 3.63) is 58.5 Å². The molecule has 0 bridgehead atoms. The van der Waals surface area contributed by atoms with Crippen molar-refractivity contribution in [1.82, 2.24) is 19.7 Å². The van der Waals surface area contributed by atoms with Crippen LogP contribution in [0.15, 0.2) is 47.3 Å². The molecule has 2 fully saturated rings. The van der Waals surface area contributed by atoms with Crippen LogP contribution in [0.3, 0.4) is 0 Å². The van der Waals surface area contributed by atoms with E-state index in [1.54, 1.807) is 0 Å².